The van der Waals surface area contributed by atoms with E-state index in [1.165, 1.54) is 0 Å². The van der Waals surface area contributed by atoms with Crippen molar-refractivity contribution >= 4 is 17.6 Å². The molecule has 0 radical (unpaired) electrons. The van der Waals surface area contributed by atoms with Crippen LogP contribution in [0.15, 0.2) is 12.1 Å². The van der Waals surface area contributed by atoms with Crippen molar-refractivity contribution in [3.05, 3.63) is 27.8 Å². The normalized spacial score (nSPS) is 19.4. The molecule has 0 saturated heterocycles. The maximum Gasteiger partial charge on any atom is 0.387 e. The largest absolute Gasteiger partial charge is 0.493 e. The number of benzene rings is 1. The Kier molecular flexibility index (Phi) is 6.48. The lowest BCUT2D eigenvalue weighted by Crippen LogP contribution is -2.39. The van der Waals surface area contributed by atoms with Crippen molar-refractivity contribution in [1.29, 1.82) is 0 Å². The molecule has 1 aliphatic carbocycles. The molecule has 1 fully saturated rings. The Morgan fingerprint density at radius 3 is 2.37 bits per heavy atom. The number of nitro groups is 1. The number of hydrogen-bond acceptors (Lipinski definition) is 6. The molecule has 148 valence electrons. The fourth-order valence-corrected chi connectivity index (χ4v) is 2.98. The Morgan fingerprint density at radius 1 is 1.26 bits per heavy atom. The molecule has 0 spiro atoms. The van der Waals surface area contributed by atoms with E-state index in [1.54, 1.807) is 0 Å². The van der Waals surface area contributed by atoms with Gasteiger partial charge in [0.05, 0.1) is 24.0 Å². The van der Waals surface area contributed by atoms with E-state index in [9.17, 15) is 28.5 Å². The van der Waals surface area contributed by atoms with Gasteiger partial charge in [-0.15, -0.1) is 0 Å². The maximum absolute atomic E-state index is 12.5. The van der Waals surface area contributed by atoms with Crippen LogP contribution in [-0.4, -0.2) is 41.7 Å². The lowest BCUT2D eigenvalue weighted by molar-refractivity contribution is -0.385. The zero-order chi connectivity index (χ0) is 20.1. The van der Waals surface area contributed by atoms with Gasteiger partial charge in [-0.3, -0.25) is 19.7 Å². The number of hydrogen-bond donors (Lipinski definition) is 2. The molecule has 2 N–H and O–H groups in total. The molecule has 1 amide bonds. The van der Waals surface area contributed by atoms with Crippen LogP contribution in [0.5, 0.6) is 11.5 Å². The minimum atomic E-state index is -3.22. The topological polar surface area (TPSA) is 128 Å². The van der Waals surface area contributed by atoms with Crippen LogP contribution in [0.25, 0.3) is 0 Å². The van der Waals surface area contributed by atoms with Gasteiger partial charge < -0.3 is 19.9 Å². The second kappa shape index (κ2) is 8.60. The molecule has 1 aromatic carbocycles. The third-order valence-electron chi connectivity index (χ3n) is 4.35. The summed E-state index contributed by atoms with van der Waals surface area (Å²) in [4.78, 5) is 33.8. The summed E-state index contributed by atoms with van der Waals surface area (Å²) in [6, 6.07) is 1.34. The molecule has 0 unspecified atom stereocenters. The Hall–Kier alpha value is -2.98. The fraction of sp³-hybridized carbons (Fsp3) is 0.500. The van der Waals surface area contributed by atoms with Gasteiger partial charge in [0.2, 0.25) is 0 Å². The van der Waals surface area contributed by atoms with Crippen molar-refractivity contribution in [2.45, 2.75) is 38.3 Å². The number of nitrogens with zero attached hydrogens (tertiary/aromatic N) is 1. The van der Waals surface area contributed by atoms with Crippen LogP contribution in [-0.2, 0) is 4.79 Å². The van der Waals surface area contributed by atoms with Crippen molar-refractivity contribution in [2.24, 2.45) is 5.92 Å². The predicted molar refractivity (Wildman–Crippen MR) is 87.1 cm³/mol. The van der Waals surface area contributed by atoms with Gasteiger partial charge in [-0.1, -0.05) is 0 Å². The predicted octanol–water partition coefficient (Wildman–Crippen LogP) is 2.58. The number of carboxylic acid groups (broad SMARTS) is 1. The van der Waals surface area contributed by atoms with E-state index < -0.39 is 40.8 Å². The number of halogens is 2. The number of alkyl halides is 2. The molecule has 0 bridgehead atoms. The van der Waals surface area contributed by atoms with Crippen LogP contribution in [0.3, 0.4) is 0 Å². The summed E-state index contributed by atoms with van der Waals surface area (Å²) >= 11 is 0. The first-order valence-electron chi connectivity index (χ1n) is 8.07. The molecule has 27 heavy (non-hydrogen) atoms. The second-order valence-corrected chi connectivity index (χ2v) is 6.02. The molecule has 11 heteroatoms. The summed E-state index contributed by atoms with van der Waals surface area (Å²) in [5, 5.41) is 22.9. The monoisotopic (exact) mass is 388 g/mol. The summed E-state index contributed by atoms with van der Waals surface area (Å²) in [6.07, 6.45) is 1.60. The van der Waals surface area contributed by atoms with Gasteiger partial charge in [-0.25, -0.2) is 0 Å². The van der Waals surface area contributed by atoms with E-state index in [-0.39, 0.29) is 17.4 Å². The first kappa shape index (κ1) is 20.3. The quantitative estimate of drug-likeness (QED) is 0.543. The minimum Gasteiger partial charge on any atom is -0.493 e. The second-order valence-electron chi connectivity index (χ2n) is 6.02. The number of carboxylic acids is 1. The highest BCUT2D eigenvalue weighted by Gasteiger charge is 2.30. The van der Waals surface area contributed by atoms with Crippen molar-refractivity contribution in [3.8, 4) is 11.5 Å². The Bertz CT molecular complexity index is 734. The summed E-state index contributed by atoms with van der Waals surface area (Å²) in [6.45, 7) is -3.22. The fourth-order valence-electron chi connectivity index (χ4n) is 2.98. The first-order valence-corrected chi connectivity index (χ1v) is 8.07. The molecule has 0 atom stereocenters. The van der Waals surface area contributed by atoms with E-state index in [0.717, 1.165) is 13.2 Å². The molecule has 0 heterocycles. The average molecular weight is 388 g/mol. The maximum atomic E-state index is 12.5. The van der Waals surface area contributed by atoms with Crippen LogP contribution in [0, 0.1) is 16.0 Å². The lowest BCUT2D eigenvalue weighted by atomic mass is 9.86. The van der Waals surface area contributed by atoms with Gasteiger partial charge in [-0.05, 0) is 25.7 Å². The van der Waals surface area contributed by atoms with E-state index >= 15 is 0 Å². The van der Waals surface area contributed by atoms with Gasteiger partial charge >= 0.3 is 12.6 Å². The van der Waals surface area contributed by atoms with Gasteiger partial charge in [-0.2, -0.15) is 8.78 Å². The van der Waals surface area contributed by atoms with E-state index in [2.05, 4.69) is 10.1 Å². The van der Waals surface area contributed by atoms with E-state index in [1.807, 2.05) is 0 Å². The van der Waals surface area contributed by atoms with Gasteiger partial charge in [0.1, 0.15) is 5.56 Å². The minimum absolute atomic E-state index is 0.249. The molecule has 2 rings (SSSR count). The molecule has 0 aliphatic heterocycles. The number of nitrogens with one attached hydrogen (secondary N) is 1. The molecular weight excluding hydrogens is 370 g/mol. The smallest absolute Gasteiger partial charge is 0.387 e. The molecule has 1 saturated carbocycles. The van der Waals surface area contributed by atoms with Crippen LogP contribution in [0.4, 0.5) is 14.5 Å². The number of carbonyl (C=O) groups excluding carboxylic acids is 1. The van der Waals surface area contributed by atoms with Gasteiger partial charge in [0.25, 0.3) is 11.6 Å². The Balaban J connectivity index is 2.22. The summed E-state index contributed by atoms with van der Waals surface area (Å²) < 4.78 is 34.0. The average Bonchev–Trinajstić information content (AvgIpc) is 2.61. The zero-order valence-corrected chi connectivity index (χ0v) is 14.3. The number of methoxy groups -OCH3 is 1. The van der Waals surface area contributed by atoms with Crippen molar-refractivity contribution < 1.29 is 37.9 Å². The number of aliphatic carboxylic acids is 1. The number of ether oxygens (including phenoxy) is 2. The standard InChI is InChI=1S/C16H18F2N2O7/c1-26-12-6-10(11(20(24)25)7-13(12)27-16(17)18)14(21)19-9-4-2-8(3-5-9)15(22)23/h6-9,16H,2-5H2,1H3,(H,19,21)(H,22,23). The molecule has 0 aromatic heterocycles. The van der Waals surface area contributed by atoms with E-state index in [0.29, 0.717) is 31.7 Å². The molecule has 1 aliphatic rings. The summed E-state index contributed by atoms with van der Waals surface area (Å²) in [7, 11) is 1.15. The van der Waals surface area contributed by atoms with Crippen LogP contribution >= 0.6 is 0 Å². The van der Waals surface area contributed by atoms with Gasteiger partial charge in [0.15, 0.2) is 11.5 Å². The van der Waals surface area contributed by atoms with Gasteiger partial charge in [0, 0.05) is 12.1 Å². The van der Waals surface area contributed by atoms with Crippen LogP contribution in [0.1, 0.15) is 36.0 Å². The van der Waals surface area contributed by atoms with E-state index in [4.69, 9.17) is 9.84 Å². The molecule has 9 nitrogen and oxygen atoms in total. The first-order chi connectivity index (χ1) is 12.7. The van der Waals surface area contributed by atoms with Crippen molar-refractivity contribution in [3.63, 3.8) is 0 Å². The van der Waals surface area contributed by atoms with Crippen molar-refractivity contribution in [2.75, 3.05) is 7.11 Å². The number of carbonyl (C=O) groups is 2. The van der Waals surface area contributed by atoms with Crippen LogP contribution < -0.4 is 14.8 Å². The van der Waals surface area contributed by atoms with Crippen LogP contribution in [0.2, 0.25) is 0 Å². The van der Waals surface area contributed by atoms with Crippen molar-refractivity contribution in [1.82, 2.24) is 5.32 Å². The number of rotatable bonds is 7. The highest BCUT2D eigenvalue weighted by molar-refractivity contribution is 5.99. The Morgan fingerprint density at radius 2 is 1.89 bits per heavy atom. The molecular formula is C16H18F2N2O7. The SMILES string of the molecule is COc1cc(C(=O)NC2CCC(C(=O)O)CC2)c([N+](=O)[O-])cc1OC(F)F. The number of nitro benzene ring substituents is 1. The third kappa shape index (κ3) is 5.02. The Labute approximate surface area is 152 Å². The summed E-state index contributed by atoms with van der Waals surface area (Å²) in [5.74, 6) is -2.95. The molecule has 1 aromatic rings. The summed E-state index contributed by atoms with van der Waals surface area (Å²) in [5.41, 5.74) is -1.07. The third-order valence-corrected chi connectivity index (χ3v) is 4.35. The lowest BCUT2D eigenvalue weighted by Gasteiger charge is -2.26. The highest BCUT2D eigenvalue weighted by atomic mass is 19.3. The zero-order valence-electron chi connectivity index (χ0n) is 14.3. The number of amides is 1. The highest BCUT2D eigenvalue weighted by Crippen LogP contribution is 2.36.